The van der Waals surface area contributed by atoms with Crippen molar-refractivity contribution in [2.45, 2.75) is 33.2 Å². The highest BCUT2D eigenvalue weighted by atomic mass is 32.1. The van der Waals surface area contributed by atoms with Crippen molar-refractivity contribution in [3.05, 3.63) is 76.9 Å². The van der Waals surface area contributed by atoms with Crippen LogP contribution in [0.1, 0.15) is 40.2 Å². The highest BCUT2D eigenvalue weighted by Gasteiger charge is 2.24. The van der Waals surface area contributed by atoms with Crippen LogP contribution >= 0.6 is 11.3 Å². The molecule has 34 heavy (non-hydrogen) atoms. The molecule has 1 aromatic carbocycles. The molecule has 0 atom stereocenters. The van der Waals surface area contributed by atoms with Crippen molar-refractivity contribution in [2.75, 3.05) is 11.5 Å². The number of aryl methyl sites for hydroxylation is 2. The Kier molecular flexibility index (Phi) is 7.38. The fourth-order valence-corrected chi connectivity index (χ4v) is 4.21. The fourth-order valence-electron chi connectivity index (χ4n) is 3.23. The molecule has 174 valence electrons. The normalized spacial score (nSPS) is 10.8. The van der Waals surface area contributed by atoms with Gasteiger partial charge in [-0.15, -0.1) is 0 Å². The van der Waals surface area contributed by atoms with Gasteiger partial charge in [-0.25, -0.2) is 9.78 Å². The molecule has 0 spiro atoms. The molecule has 0 fully saturated rings. The largest absolute Gasteiger partial charge is 0.462 e. The van der Waals surface area contributed by atoms with Gasteiger partial charge in [0.05, 0.1) is 18.8 Å². The molecule has 0 radical (unpaired) electrons. The Hall–Kier alpha value is -3.92. The maximum absolute atomic E-state index is 13.3. The summed E-state index contributed by atoms with van der Waals surface area (Å²) in [6.45, 7) is 4.07. The maximum atomic E-state index is 13.3. The van der Waals surface area contributed by atoms with Gasteiger partial charge in [0.1, 0.15) is 4.88 Å². The Morgan fingerprint density at radius 3 is 2.68 bits per heavy atom. The average Bonchev–Trinajstić information content (AvgIpc) is 3.49. The molecule has 0 N–H and O–H groups in total. The first-order chi connectivity index (χ1) is 16.5. The van der Waals surface area contributed by atoms with Gasteiger partial charge < -0.3 is 9.26 Å². The molecule has 3 heterocycles. The van der Waals surface area contributed by atoms with Crippen molar-refractivity contribution >= 4 is 28.3 Å². The zero-order chi connectivity index (χ0) is 23.9. The van der Waals surface area contributed by atoms with Gasteiger partial charge in [0, 0.05) is 30.8 Å². The van der Waals surface area contributed by atoms with Gasteiger partial charge in [-0.05, 0) is 31.5 Å². The molecular formula is C24H23N5O4S. The van der Waals surface area contributed by atoms with E-state index in [1.165, 1.54) is 0 Å². The molecule has 4 aromatic rings. The minimum absolute atomic E-state index is 0.134. The highest BCUT2D eigenvalue weighted by Crippen LogP contribution is 2.29. The van der Waals surface area contributed by atoms with Crippen molar-refractivity contribution in [1.29, 1.82) is 0 Å². The average molecular weight is 478 g/mol. The van der Waals surface area contributed by atoms with E-state index in [1.54, 1.807) is 37.2 Å². The predicted octanol–water partition coefficient (Wildman–Crippen LogP) is 4.24. The molecule has 10 heteroatoms. The second-order valence-corrected chi connectivity index (χ2v) is 8.33. The number of pyridine rings is 1. The van der Waals surface area contributed by atoms with Crippen LogP contribution < -0.4 is 4.90 Å². The summed E-state index contributed by atoms with van der Waals surface area (Å²) >= 11 is 1.15. The lowest BCUT2D eigenvalue weighted by molar-refractivity contribution is -0.118. The number of hydrogen-bond acceptors (Lipinski definition) is 9. The van der Waals surface area contributed by atoms with Crippen molar-refractivity contribution in [2.24, 2.45) is 0 Å². The van der Waals surface area contributed by atoms with E-state index in [4.69, 9.17) is 9.26 Å². The summed E-state index contributed by atoms with van der Waals surface area (Å²) in [7, 11) is 0. The van der Waals surface area contributed by atoms with Crippen LogP contribution in [0.3, 0.4) is 0 Å². The summed E-state index contributed by atoms with van der Waals surface area (Å²) in [4.78, 5) is 40.4. The Balaban J connectivity index is 1.52. The van der Waals surface area contributed by atoms with Gasteiger partial charge in [0.2, 0.25) is 17.6 Å². The van der Waals surface area contributed by atoms with Crippen LogP contribution in [0.25, 0.3) is 11.4 Å². The van der Waals surface area contributed by atoms with Crippen LogP contribution in [0.4, 0.5) is 5.13 Å². The molecule has 0 unspecified atom stereocenters. The van der Waals surface area contributed by atoms with Crippen LogP contribution in [0, 0.1) is 6.92 Å². The molecule has 0 saturated heterocycles. The Morgan fingerprint density at radius 1 is 1.12 bits per heavy atom. The lowest BCUT2D eigenvalue weighted by Gasteiger charge is -2.20. The maximum Gasteiger partial charge on any atom is 0.350 e. The molecule has 0 aliphatic carbocycles. The third-order valence-electron chi connectivity index (χ3n) is 4.90. The van der Waals surface area contributed by atoms with Gasteiger partial charge in [-0.3, -0.25) is 14.7 Å². The number of anilines is 1. The van der Waals surface area contributed by atoms with Crippen LogP contribution in [0.2, 0.25) is 0 Å². The first kappa shape index (κ1) is 23.2. The van der Waals surface area contributed by atoms with E-state index in [9.17, 15) is 9.59 Å². The molecule has 9 nitrogen and oxygen atoms in total. The van der Waals surface area contributed by atoms with E-state index < -0.39 is 5.97 Å². The second-order valence-electron chi connectivity index (χ2n) is 7.35. The molecule has 0 saturated carbocycles. The minimum Gasteiger partial charge on any atom is -0.462 e. The number of carbonyl (C=O) groups excluding carboxylic acids is 2. The molecule has 0 aliphatic rings. The quantitative estimate of drug-likeness (QED) is 0.329. The molecule has 3 aromatic heterocycles. The number of nitrogens with zero attached hydrogens (tertiary/aromatic N) is 5. The topological polar surface area (TPSA) is 111 Å². The van der Waals surface area contributed by atoms with Gasteiger partial charge in [0.15, 0.2) is 5.13 Å². The number of rotatable bonds is 9. The summed E-state index contributed by atoms with van der Waals surface area (Å²) in [6.07, 6.45) is 3.72. The molecule has 4 rings (SSSR count). The monoisotopic (exact) mass is 477 g/mol. The van der Waals surface area contributed by atoms with Crippen LogP contribution in [-0.4, -0.2) is 38.6 Å². The Morgan fingerprint density at radius 2 is 1.94 bits per heavy atom. The number of carbonyl (C=O) groups is 2. The summed E-state index contributed by atoms with van der Waals surface area (Å²) < 4.78 is 10.4. The van der Waals surface area contributed by atoms with E-state index >= 15 is 0 Å². The lowest BCUT2D eigenvalue weighted by Crippen LogP contribution is -2.30. The van der Waals surface area contributed by atoms with E-state index in [2.05, 4.69) is 20.1 Å². The van der Waals surface area contributed by atoms with Gasteiger partial charge in [-0.1, -0.05) is 46.8 Å². The summed E-state index contributed by atoms with van der Waals surface area (Å²) in [6, 6.07) is 13.2. The SMILES string of the molecule is CCOC(=O)c1sc(N(Cc2ccccc2)C(=O)CCc2nc(-c3cccnc3)no2)nc1C. The van der Waals surface area contributed by atoms with Gasteiger partial charge in [-0.2, -0.15) is 4.98 Å². The van der Waals surface area contributed by atoms with E-state index in [1.807, 2.05) is 36.4 Å². The molecule has 0 bridgehead atoms. The summed E-state index contributed by atoms with van der Waals surface area (Å²) in [5.74, 6) is 0.166. The van der Waals surface area contributed by atoms with E-state index in [0.717, 1.165) is 22.5 Å². The van der Waals surface area contributed by atoms with Crippen LogP contribution in [-0.2, 0) is 22.5 Å². The number of benzene rings is 1. The Labute approximate surface area is 200 Å². The van der Waals surface area contributed by atoms with Crippen LogP contribution in [0.15, 0.2) is 59.4 Å². The van der Waals surface area contributed by atoms with Crippen LogP contribution in [0.5, 0.6) is 0 Å². The number of hydrogen-bond donors (Lipinski definition) is 0. The zero-order valence-corrected chi connectivity index (χ0v) is 19.6. The van der Waals surface area contributed by atoms with Crippen molar-refractivity contribution in [1.82, 2.24) is 20.1 Å². The van der Waals surface area contributed by atoms with E-state index in [-0.39, 0.29) is 25.4 Å². The summed E-state index contributed by atoms with van der Waals surface area (Å²) in [5.41, 5.74) is 2.21. The minimum atomic E-state index is -0.440. The van der Waals surface area contributed by atoms with Crippen molar-refractivity contribution in [3.63, 3.8) is 0 Å². The predicted molar refractivity (Wildman–Crippen MR) is 126 cm³/mol. The van der Waals surface area contributed by atoms with Gasteiger partial charge >= 0.3 is 5.97 Å². The lowest BCUT2D eigenvalue weighted by atomic mass is 10.2. The number of esters is 1. The smallest absolute Gasteiger partial charge is 0.350 e. The molecule has 1 amide bonds. The highest BCUT2D eigenvalue weighted by molar-refractivity contribution is 7.17. The number of amides is 1. The third kappa shape index (κ3) is 5.52. The van der Waals surface area contributed by atoms with Crippen molar-refractivity contribution in [3.8, 4) is 11.4 Å². The number of ether oxygens (including phenoxy) is 1. The Bertz CT molecular complexity index is 1260. The van der Waals surface area contributed by atoms with E-state index in [0.29, 0.717) is 34.0 Å². The fraction of sp³-hybridized carbons (Fsp3) is 0.250. The molecule has 0 aliphatic heterocycles. The first-order valence-electron chi connectivity index (χ1n) is 10.8. The van der Waals surface area contributed by atoms with Crippen molar-refractivity contribution < 1.29 is 18.8 Å². The molecular weight excluding hydrogens is 454 g/mol. The first-order valence-corrected chi connectivity index (χ1v) is 11.6. The standard InChI is InChI=1S/C24H23N5O4S/c1-3-32-23(31)21-16(2)26-24(34-21)29(15-17-8-5-4-6-9-17)20(30)12-11-19-27-22(28-33-19)18-10-7-13-25-14-18/h4-10,13-14H,3,11-12,15H2,1-2H3. The summed E-state index contributed by atoms with van der Waals surface area (Å²) in [5, 5.41) is 4.41. The van der Waals surface area contributed by atoms with Gasteiger partial charge in [0.25, 0.3) is 0 Å². The zero-order valence-electron chi connectivity index (χ0n) is 18.8. The number of aromatic nitrogens is 4. The number of thiazole rings is 1. The second kappa shape index (κ2) is 10.8. The third-order valence-corrected chi connectivity index (χ3v) is 6.06.